The molecule has 0 bridgehead atoms. The minimum absolute atomic E-state index is 0.115. The maximum absolute atomic E-state index is 12.9. The van der Waals surface area contributed by atoms with Gasteiger partial charge in [0.15, 0.2) is 0 Å². The molecule has 34 heavy (non-hydrogen) atoms. The molecular formula is C25H36N4O5. The molecule has 1 aromatic carbocycles. The Morgan fingerprint density at radius 1 is 1.15 bits per heavy atom. The lowest BCUT2D eigenvalue weighted by Crippen LogP contribution is -2.51. The third-order valence-corrected chi connectivity index (χ3v) is 6.76. The predicted octanol–water partition coefficient (Wildman–Crippen LogP) is 2.19. The molecule has 2 heterocycles. The highest BCUT2D eigenvalue weighted by Crippen LogP contribution is 2.39. The summed E-state index contributed by atoms with van der Waals surface area (Å²) in [5.41, 5.74) is 1.21. The van der Waals surface area contributed by atoms with E-state index in [0.29, 0.717) is 44.8 Å². The van der Waals surface area contributed by atoms with Gasteiger partial charge in [0.05, 0.1) is 30.0 Å². The number of benzene rings is 1. The third kappa shape index (κ3) is 5.09. The lowest BCUT2D eigenvalue weighted by molar-refractivity contribution is -0.145. The zero-order valence-electron chi connectivity index (χ0n) is 20.8. The van der Waals surface area contributed by atoms with Crippen LogP contribution >= 0.6 is 0 Å². The second kappa shape index (κ2) is 10.5. The SMILES string of the molecule is CCC1(c2ccc(NC(=O)C(=O)N(C(C)C)C(C)C)c(N3CCOCC3)c2)CCC(=O)NC1=O. The Morgan fingerprint density at radius 3 is 2.35 bits per heavy atom. The van der Waals surface area contributed by atoms with Crippen LogP contribution in [0.3, 0.4) is 0 Å². The van der Waals surface area contributed by atoms with Crippen molar-refractivity contribution < 1.29 is 23.9 Å². The number of ether oxygens (including phenoxy) is 1. The van der Waals surface area contributed by atoms with Crippen molar-refractivity contribution in [3.63, 3.8) is 0 Å². The molecule has 4 amide bonds. The molecule has 0 aromatic heterocycles. The Labute approximate surface area is 201 Å². The van der Waals surface area contributed by atoms with Crippen LogP contribution in [0.15, 0.2) is 18.2 Å². The van der Waals surface area contributed by atoms with Crippen molar-refractivity contribution in [1.29, 1.82) is 0 Å². The fourth-order valence-corrected chi connectivity index (χ4v) is 4.93. The summed E-state index contributed by atoms with van der Waals surface area (Å²) in [6, 6.07) is 5.24. The second-order valence-corrected chi connectivity index (χ2v) is 9.50. The van der Waals surface area contributed by atoms with Crippen molar-refractivity contribution in [2.45, 2.75) is 71.4 Å². The van der Waals surface area contributed by atoms with Crippen LogP contribution in [0.4, 0.5) is 11.4 Å². The standard InChI is InChI=1S/C25H36N4O5/c1-6-25(10-9-21(30)27-24(25)33)18-7-8-19(20(15-18)28-11-13-34-14-12-28)26-22(31)23(32)29(16(2)3)17(4)5/h7-8,15-17H,6,9-14H2,1-5H3,(H,26,31)(H,27,30,33). The number of nitrogens with one attached hydrogen (secondary N) is 2. The first-order chi connectivity index (χ1) is 16.1. The van der Waals surface area contributed by atoms with Crippen LogP contribution in [-0.2, 0) is 29.3 Å². The van der Waals surface area contributed by atoms with E-state index in [9.17, 15) is 19.2 Å². The van der Waals surface area contributed by atoms with E-state index < -0.39 is 17.2 Å². The Kier molecular flexibility index (Phi) is 7.97. The fourth-order valence-electron chi connectivity index (χ4n) is 4.93. The number of carbonyl (C=O) groups excluding carboxylic acids is 4. The van der Waals surface area contributed by atoms with E-state index in [2.05, 4.69) is 15.5 Å². The van der Waals surface area contributed by atoms with Gasteiger partial charge >= 0.3 is 11.8 Å². The monoisotopic (exact) mass is 472 g/mol. The van der Waals surface area contributed by atoms with E-state index >= 15 is 0 Å². The molecule has 1 aromatic rings. The fraction of sp³-hybridized carbons (Fsp3) is 0.600. The molecule has 1 atom stereocenters. The number of morpholine rings is 1. The van der Waals surface area contributed by atoms with Gasteiger partial charge in [0.2, 0.25) is 11.8 Å². The van der Waals surface area contributed by atoms with Gasteiger partial charge in [0, 0.05) is 31.6 Å². The summed E-state index contributed by atoms with van der Waals surface area (Å²) in [6.07, 6.45) is 1.24. The van der Waals surface area contributed by atoms with E-state index in [-0.39, 0.29) is 30.3 Å². The van der Waals surface area contributed by atoms with Gasteiger partial charge in [0.1, 0.15) is 0 Å². The van der Waals surface area contributed by atoms with Gasteiger partial charge < -0.3 is 19.9 Å². The average Bonchev–Trinajstić information content (AvgIpc) is 2.80. The molecule has 2 saturated heterocycles. The molecule has 0 aliphatic carbocycles. The lowest BCUT2D eigenvalue weighted by Gasteiger charge is -2.37. The molecular weight excluding hydrogens is 436 g/mol. The molecule has 0 radical (unpaired) electrons. The Hall–Kier alpha value is -2.94. The van der Waals surface area contributed by atoms with Crippen molar-refractivity contribution in [2.24, 2.45) is 0 Å². The molecule has 2 aliphatic rings. The summed E-state index contributed by atoms with van der Waals surface area (Å²) in [4.78, 5) is 54.2. The topological polar surface area (TPSA) is 108 Å². The van der Waals surface area contributed by atoms with Gasteiger partial charge in [-0.1, -0.05) is 13.0 Å². The van der Waals surface area contributed by atoms with Crippen LogP contribution in [0.25, 0.3) is 0 Å². The van der Waals surface area contributed by atoms with Crippen LogP contribution in [-0.4, -0.2) is 66.9 Å². The molecule has 186 valence electrons. The predicted molar refractivity (Wildman–Crippen MR) is 130 cm³/mol. The first-order valence-corrected chi connectivity index (χ1v) is 12.1. The highest BCUT2D eigenvalue weighted by Gasteiger charge is 2.43. The van der Waals surface area contributed by atoms with Gasteiger partial charge in [-0.05, 0) is 58.2 Å². The summed E-state index contributed by atoms with van der Waals surface area (Å²) in [5.74, 6) is -1.84. The van der Waals surface area contributed by atoms with Crippen LogP contribution in [0.5, 0.6) is 0 Å². The Balaban J connectivity index is 1.98. The first-order valence-electron chi connectivity index (χ1n) is 12.1. The number of imide groups is 1. The molecule has 2 N–H and O–H groups in total. The number of rotatable bonds is 6. The smallest absolute Gasteiger partial charge is 0.313 e. The third-order valence-electron chi connectivity index (χ3n) is 6.76. The van der Waals surface area contributed by atoms with E-state index in [1.807, 2.05) is 46.8 Å². The summed E-state index contributed by atoms with van der Waals surface area (Å²) in [7, 11) is 0. The lowest BCUT2D eigenvalue weighted by atomic mass is 9.71. The van der Waals surface area contributed by atoms with Crippen molar-refractivity contribution in [3.05, 3.63) is 23.8 Å². The van der Waals surface area contributed by atoms with Crippen molar-refractivity contribution in [1.82, 2.24) is 10.2 Å². The largest absolute Gasteiger partial charge is 0.378 e. The number of piperidine rings is 1. The quantitative estimate of drug-likeness (QED) is 0.485. The maximum Gasteiger partial charge on any atom is 0.313 e. The van der Waals surface area contributed by atoms with Gasteiger partial charge in [0.25, 0.3) is 0 Å². The molecule has 2 fully saturated rings. The number of hydrogen-bond donors (Lipinski definition) is 2. The van der Waals surface area contributed by atoms with Crippen LogP contribution < -0.4 is 15.5 Å². The average molecular weight is 473 g/mol. The van der Waals surface area contributed by atoms with Gasteiger partial charge in [-0.3, -0.25) is 24.5 Å². The van der Waals surface area contributed by atoms with Crippen LogP contribution in [0, 0.1) is 0 Å². The van der Waals surface area contributed by atoms with Crippen molar-refractivity contribution in [2.75, 3.05) is 36.5 Å². The molecule has 1 unspecified atom stereocenters. The van der Waals surface area contributed by atoms with Crippen LogP contribution in [0.2, 0.25) is 0 Å². The minimum Gasteiger partial charge on any atom is -0.378 e. The molecule has 9 nitrogen and oxygen atoms in total. The van der Waals surface area contributed by atoms with Crippen molar-refractivity contribution >= 4 is 35.0 Å². The summed E-state index contributed by atoms with van der Waals surface area (Å²) in [5, 5.41) is 5.29. The summed E-state index contributed by atoms with van der Waals surface area (Å²) >= 11 is 0. The van der Waals surface area contributed by atoms with E-state index in [1.165, 1.54) is 0 Å². The van der Waals surface area contributed by atoms with Crippen molar-refractivity contribution in [3.8, 4) is 0 Å². The molecule has 2 aliphatic heterocycles. The molecule has 0 saturated carbocycles. The number of amides is 4. The minimum atomic E-state index is -0.820. The summed E-state index contributed by atoms with van der Waals surface area (Å²) in [6.45, 7) is 11.8. The van der Waals surface area contributed by atoms with Crippen LogP contribution in [0.1, 0.15) is 59.4 Å². The van der Waals surface area contributed by atoms with E-state index in [1.54, 1.807) is 11.0 Å². The number of nitrogens with zero attached hydrogens (tertiary/aromatic N) is 2. The molecule has 9 heteroatoms. The first kappa shape index (κ1) is 25.7. The highest BCUT2D eigenvalue weighted by atomic mass is 16.5. The molecule has 0 spiro atoms. The van der Waals surface area contributed by atoms with Gasteiger partial charge in [-0.25, -0.2) is 0 Å². The zero-order chi connectivity index (χ0) is 25.0. The number of carbonyl (C=O) groups is 4. The number of anilines is 2. The second-order valence-electron chi connectivity index (χ2n) is 9.50. The zero-order valence-corrected chi connectivity index (χ0v) is 20.8. The Bertz CT molecular complexity index is 947. The van der Waals surface area contributed by atoms with E-state index in [0.717, 1.165) is 11.3 Å². The van der Waals surface area contributed by atoms with Gasteiger partial charge in [-0.15, -0.1) is 0 Å². The normalized spacial score (nSPS) is 21.0. The highest BCUT2D eigenvalue weighted by molar-refractivity contribution is 6.40. The number of hydrogen-bond acceptors (Lipinski definition) is 6. The maximum atomic E-state index is 12.9. The van der Waals surface area contributed by atoms with E-state index in [4.69, 9.17) is 4.74 Å². The Morgan fingerprint density at radius 2 is 1.79 bits per heavy atom. The van der Waals surface area contributed by atoms with Gasteiger partial charge in [-0.2, -0.15) is 0 Å². The molecule has 3 rings (SSSR count). The summed E-state index contributed by atoms with van der Waals surface area (Å²) < 4.78 is 5.49.